The summed E-state index contributed by atoms with van der Waals surface area (Å²) in [5, 5.41) is 3.80. The fourth-order valence-corrected chi connectivity index (χ4v) is 3.69. The first-order valence-corrected chi connectivity index (χ1v) is 10.0. The zero-order valence-electron chi connectivity index (χ0n) is 16.7. The third-order valence-electron chi connectivity index (χ3n) is 5.38. The zero-order chi connectivity index (χ0) is 20.1. The highest BCUT2D eigenvalue weighted by Crippen LogP contribution is 2.25. The summed E-state index contributed by atoms with van der Waals surface area (Å²) in [7, 11) is 1.64. The highest BCUT2D eigenvalue weighted by Gasteiger charge is 2.26. The van der Waals surface area contributed by atoms with Gasteiger partial charge in [0, 0.05) is 43.4 Å². The molecule has 1 aliphatic heterocycles. The molecule has 150 valence electrons. The molecule has 1 fully saturated rings. The molecule has 1 aliphatic rings. The monoisotopic (exact) mass is 401 g/mol. The van der Waals surface area contributed by atoms with Crippen molar-refractivity contribution in [3.8, 4) is 5.75 Å². The van der Waals surface area contributed by atoms with E-state index in [4.69, 9.17) is 16.3 Å². The number of nitrogens with zero attached hydrogens (tertiary/aromatic N) is 2. The SMILES string of the molecule is COc1ccc(CNC(=O)[C@H](C)N2CCN(c3cc(Cl)ccc3C)CC2)cc1. The maximum atomic E-state index is 12.6. The summed E-state index contributed by atoms with van der Waals surface area (Å²) < 4.78 is 5.16. The number of benzene rings is 2. The number of ether oxygens (including phenoxy) is 1. The molecule has 1 amide bonds. The van der Waals surface area contributed by atoms with E-state index >= 15 is 0 Å². The van der Waals surface area contributed by atoms with Crippen LogP contribution in [0.2, 0.25) is 5.02 Å². The van der Waals surface area contributed by atoms with Crippen molar-refractivity contribution in [3.63, 3.8) is 0 Å². The molecule has 6 heteroatoms. The van der Waals surface area contributed by atoms with E-state index in [1.165, 1.54) is 11.3 Å². The van der Waals surface area contributed by atoms with E-state index in [9.17, 15) is 4.79 Å². The molecular weight excluding hydrogens is 374 g/mol. The lowest BCUT2D eigenvalue weighted by molar-refractivity contribution is -0.126. The van der Waals surface area contributed by atoms with Gasteiger partial charge in [0.25, 0.3) is 0 Å². The van der Waals surface area contributed by atoms with Gasteiger partial charge in [0.05, 0.1) is 13.2 Å². The molecule has 28 heavy (non-hydrogen) atoms. The Balaban J connectivity index is 1.50. The maximum absolute atomic E-state index is 12.6. The number of amides is 1. The van der Waals surface area contributed by atoms with Crippen LogP contribution in [-0.2, 0) is 11.3 Å². The van der Waals surface area contributed by atoms with Crippen LogP contribution in [0.15, 0.2) is 42.5 Å². The lowest BCUT2D eigenvalue weighted by Gasteiger charge is -2.39. The zero-order valence-corrected chi connectivity index (χ0v) is 17.5. The quantitative estimate of drug-likeness (QED) is 0.804. The van der Waals surface area contributed by atoms with Crippen LogP contribution in [0.4, 0.5) is 5.69 Å². The number of aryl methyl sites for hydroxylation is 1. The molecule has 0 aliphatic carbocycles. The van der Waals surface area contributed by atoms with Crippen molar-refractivity contribution < 1.29 is 9.53 Å². The Morgan fingerprint density at radius 3 is 2.46 bits per heavy atom. The van der Waals surface area contributed by atoms with Crippen LogP contribution in [-0.4, -0.2) is 50.1 Å². The van der Waals surface area contributed by atoms with Gasteiger partial charge in [-0.25, -0.2) is 0 Å². The van der Waals surface area contributed by atoms with Crippen LogP contribution in [0, 0.1) is 6.92 Å². The molecule has 0 unspecified atom stereocenters. The predicted molar refractivity (Wildman–Crippen MR) is 114 cm³/mol. The van der Waals surface area contributed by atoms with Crippen molar-refractivity contribution >= 4 is 23.2 Å². The number of anilines is 1. The number of carbonyl (C=O) groups excluding carboxylic acids is 1. The van der Waals surface area contributed by atoms with Gasteiger partial charge in [-0.05, 0) is 49.2 Å². The van der Waals surface area contributed by atoms with Gasteiger partial charge in [0.2, 0.25) is 5.91 Å². The summed E-state index contributed by atoms with van der Waals surface area (Å²) >= 11 is 6.16. The van der Waals surface area contributed by atoms with Crippen LogP contribution in [0.1, 0.15) is 18.1 Å². The van der Waals surface area contributed by atoms with Crippen LogP contribution >= 0.6 is 11.6 Å². The number of rotatable bonds is 6. The van der Waals surface area contributed by atoms with E-state index in [1.54, 1.807) is 7.11 Å². The van der Waals surface area contributed by atoms with E-state index in [-0.39, 0.29) is 11.9 Å². The van der Waals surface area contributed by atoms with E-state index in [0.717, 1.165) is 42.5 Å². The lowest BCUT2D eigenvalue weighted by atomic mass is 10.1. The Labute approximate surface area is 172 Å². The molecule has 1 saturated heterocycles. The van der Waals surface area contributed by atoms with Gasteiger partial charge in [-0.15, -0.1) is 0 Å². The van der Waals surface area contributed by atoms with Crippen molar-refractivity contribution in [2.24, 2.45) is 0 Å². The number of carbonyl (C=O) groups is 1. The molecule has 2 aromatic rings. The van der Waals surface area contributed by atoms with Crippen molar-refractivity contribution in [2.45, 2.75) is 26.4 Å². The normalized spacial score (nSPS) is 15.9. The second kappa shape index (κ2) is 9.30. The second-order valence-electron chi connectivity index (χ2n) is 7.20. The Kier molecular flexibility index (Phi) is 6.81. The van der Waals surface area contributed by atoms with Crippen molar-refractivity contribution in [1.82, 2.24) is 10.2 Å². The molecule has 0 saturated carbocycles. The fourth-order valence-electron chi connectivity index (χ4n) is 3.52. The van der Waals surface area contributed by atoms with E-state index in [1.807, 2.05) is 43.3 Å². The number of halogens is 1. The van der Waals surface area contributed by atoms with Gasteiger partial charge in [0.1, 0.15) is 5.75 Å². The first-order chi connectivity index (χ1) is 13.5. The van der Waals surface area contributed by atoms with Gasteiger partial charge in [-0.3, -0.25) is 9.69 Å². The first kappa shape index (κ1) is 20.5. The molecular formula is C22H28ClN3O2. The molecule has 1 atom stereocenters. The Hall–Kier alpha value is -2.24. The minimum atomic E-state index is -0.152. The largest absolute Gasteiger partial charge is 0.497 e. The van der Waals surface area contributed by atoms with Crippen molar-refractivity contribution in [1.29, 1.82) is 0 Å². The van der Waals surface area contributed by atoms with Gasteiger partial charge in [-0.2, -0.15) is 0 Å². The first-order valence-electron chi connectivity index (χ1n) is 9.63. The number of methoxy groups -OCH3 is 1. The number of hydrogen-bond acceptors (Lipinski definition) is 4. The van der Waals surface area contributed by atoms with Crippen LogP contribution in [0.5, 0.6) is 5.75 Å². The van der Waals surface area contributed by atoms with E-state index in [0.29, 0.717) is 6.54 Å². The summed E-state index contributed by atoms with van der Waals surface area (Å²) in [5.41, 5.74) is 3.47. The minimum Gasteiger partial charge on any atom is -0.497 e. The van der Waals surface area contributed by atoms with Crippen LogP contribution in [0.25, 0.3) is 0 Å². The molecule has 5 nitrogen and oxygen atoms in total. The smallest absolute Gasteiger partial charge is 0.237 e. The Morgan fingerprint density at radius 1 is 1.14 bits per heavy atom. The van der Waals surface area contributed by atoms with Crippen molar-refractivity contribution in [2.75, 3.05) is 38.2 Å². The van der Waals surface area contributed by atoms with E-state index in [2.05, 4.69) is 28.1 Å². The topological polar surface area (TPSA) is 44.8 Å². The van der Waals surface area contributed by atoms with Gasteiger partial charge >= 0.3 is 0 Å². The molecule has 0 radical (unpaired) electrons. The summed E-state index contributed by atoms with van der Waals surface area (Å²) in [4.78, 5) is 17.2. The number of nitrogens with one attached hydrogen (secondary N) is 1. The number of piperazine rings is 1. The Bertz CT molecular complexity index is 802. The van der Waals surface area contributed by atoms with Crippen LogP contribution in [0.3, 0.4) is 0 Å². The van der Waals surface area contributed by atoms with Gasteiger partial charge < -0.3 is 15.0 Å². The fraction of sp³-hybridized carbons (Fsp3) is 0.409. The molecule has 3 rings (SSSR count). The lowest BCUT2D eigenvalue weighted by Crippen LogP contribution is -2.54. The maximum Gasteiger partial charge on any atom is 0.237 e. The Morgan fingerprint density at radius 2 is 1.82 bits per heavy atom. The van der Waals surface area contributed by atoms with Gasteiger partial charge in [0.15, 0.2) is 0 Å². The molecule has 0 spiro atoms. The standard InChI is InChI=1S/C22H28ClN3O2/c1-16-4-7-19(23)14-21(16)26-12-10-25(11-13-26)17(2)22(27)24-15-18-5-8-20(28-3)9-6-18/h4-9,14,17H,10-13,15H2,1-3H3,(H,24,27)/t17-/m0/s1. The minimum absolute atomic E-state index is 0.0585. The molecule has 0 bridgehead atoms. The van der Waals surface area contributed by atoms with Crippen molar-refractivity contribution in [3.05, 3.63) is 58.6 Å². The van der Waals surface area contributed by atoms with Crippen LogP contribution < -0.4 is 15.0 Å². The highest BCUT2D eigenvalue weighted by atomic mass is 35.5. The summed E-state index contributed by atoms with van der Waals surface area (Å²) in [6.07, 6.45) is 0. The second-order valence-corrected chi connectivity index (χ2v) is 7.63. The number of hydrogen-bond donors (Lipinski definition) is 1. The summed E-state index contributed by atoms with van der Waals surface area (Å²) in [6, 6.07) is 13.6. The highest BCUT2D eigenvalue weighted by molar-refractivity contribution is 6.30. The molecule has 2 aromatic carbocycles. The molecule has 1 heterocycles. The summed E-state index contributed by atoms with van der Waals surface area (Å²) in [5.74, 6) is 0.874. The van der Waals surface area contributed by atoms with Gasteiger partial charge in [-0.1, -0.05) is 29.8 Å². The molecule has 0 aromatic heterocycles. The summed E-state index contributed by atoms with van der Waals surface area (Å²) in [6.45, 7) is 8.08. The average Bonchev–Trinajstić information content (AvgIpc) is 2.73. The van der Waals surface area contributed by atoms with E-state index < -0.39 is 0 Å². The third-order valence-corrected chi connectivity index (χ3v) is 5.61. The predicted octanol–water partition coefficient (Wildman–Crippen LogP) is 3.48. The third kappa shape index (κ3) is 4.97. The average molecular weight is 402 g/mol. The molecule has 1 N–H and O–H groups in total.